The summed E-state index contributed by atoms with van der Waals surface area (Å²) in [6, 6.07) is 6.46. The number of rotatable bonds is 3. The minimum absolute atomic E-state index is 0.451. The summed E-state index contributed by atoms with van der Waals surface area (Å²) in [6.07, 6.45) is 7.24. The number of nitrogens with zero attached hydrogens (tertiary/aromatic N) is 2. The molecule has 1 fully saturated rings. The van der Waals surface area contributed by atoms with Crippen molar-refractivity contribution < 1.29 is 0 Å². The highest BCUT2D eigenvalue weighted by atomic mass is 35.5. The topological polar surface area (TPSA) is 17.8 Å². The van der Waals surface area contributed by atoms with Crippen molar-refractivity contribution in [2.24, 2.45) is 0 Å². The summed E-state index contributed by atoms with van der Waals surface area (Å²) in [5.74, 6) is 1.42. The summed E-state index contributed by atoms with van der Waals surface area (Å²) in [7, 11) is 0. The smallest absolute Gasteiger partial charge is 0.125 e. The highest BCUT2D eigenvalue weighted by molar-refractivity contribution is 7.99. The van der Waals surface area contributed by atoms with Gasteiger partial charge < -0.3 is 4.57 Å². The molecule has 1 aliphatic carbocycles. The molecule has 20 heavy (non-hydrogen) atoms. The lowest BCUT2D eigenvalue weighted by Crippen LogP contribution is -2.21. The molecule has 1 aromatic carbocycles. The normalized spacial score (nSPS) is 23.4. The van der Waals surface area contributed by atoms with Gasteiger partial charge in [-0.15, -0.1) is 11.6 Å². The van der Waals surface area contributed by atoms with E-state index >= 15 is 0 Å². The fourth-order valence-corrected chi connectivity index (χ4v) is 4.36. The molecule has 0 amide bonds. The highest BCUT2D eigenvalue weighted by Crippen LogP contribution is 2.37. The Balaban J connectivity index is 2.04. The lowest BCUT2D eigenvalue weighted by molar-refractivity contribution is 0.362. The first-order valence-electron chi connectivity index (χ1n) is 6.98. The van der Waals surface area contributed by atoms with Crippen LogP contribution in [0, 0.1) is 0 Å². The van der Waals surface area contributed by atoms with Crippen LogP contribution < -0.4 is 0 Å². The van der Waals surface area contributed by atoms with E-state index in [1.54, 1.807) is 0 Å². The van der Waals surface area contributed by atoms with Crippen molar-refractivity contribution in [3.63, 3.8) is 0 Å². The Bertz CT molecular complexity index is 611. The van der Waals surface area contributed by atoms with Gasteiger partial charge in [0.1, 0.15) is 5.82 Å². The van der Waals surface area contributed by atoms with E-state index in [4.69, 9.17) is 23.2 Å². The van der Waals surface area contributed by atoms with Crippen LogP contribution in [0.1, 0.15) is 37.5 Å². The summed E-state index contributed by atoms with van der Waals surface area (Å²) >= 11 is 14.2. The van der Waals surface area contributed by atoms with E-state index in [1.165, 1.54) is 25.7 Å². The first-order chi connectivity index (χ1) is 9.72. The molecule has 2 aromatic rings. The molecule has 2 atom stereocenters. The first-order valence-corrected chi connectivity index (χ1v) is 9.18. The molecule has 0 bridgehead atoms. The van der Waals surface area contributed by atoms with Crippen molar-refractivity contribution in [2.45, 2.75) is 42.9 Å². The maximum Gasteiger partial charge on any atom is 0.125 e. The second-order valence-electron chi connectivity index (χ2n) is 5.34. The molecule has 2 nitrogen and oxygen atoms in total. The quantitative estimate of drug-likeness (QED) is 0.714. The third kappa shape index (κ3) is 2.68. The number of thioether (sulfide) groups is 1. The van der Waals surface area contributed by atoms with Crippen molar-refractivity contribution in [3.8, 4) is 0 Å². The molecule has 0 saturated heterocycles. The fourth-order valence-electron chi connectivity index (χ4n) is 3.19. The number of alkyl halides is 1. The zero-order valence-electron chi connectivity index (χ0n) is 11.5. The van der Waals surface area contributed by atoms with Crippen molar-refractivity contribution >= 4 is 46.0 Å². The Kier molecular flexibility index (Phi) is 4.49. The minimum Gasteiger partial charge on any atom is -0.324 e. The van der Waals surface area contributed by atoms with Gasteiger partial charge >= 0.3 is 0 Å². The van der Waals surface area contributed by atoms with Gasteiger partial charge in [-0.25, -0.2) is 4.98 Å². The SMILES string of the molecule is CSC1CCCC(n2c(CCl)nc3cc(Cl)ccc32)C1. The largest absolute Gasteiger partial charge is 0.324 e. The van der Waals surface area contributed by atoms with Crippen LogP contribution in [-0.4, -0.2) is 21.1 Å². The van der Waals surface area contributed by atoms with Gasteiger partial charge in [-0.05, 0) is 43.7 Å². The highest BCUT2D eigenvalue weighted by Gasteiger charge is 2.25. The molecular formula is C15H18Cl2N2S. The van der Waals surface area contributed by atoms with E-state index in [2.05, 4.69) is 21.9 Å². The van der Waals surface area contributed by atoms with Crippen molar-refractivity contribution in [2.75, 3.05) is 6.26 Å². The van der Waals surface area contributed by atoms with Gasteiger partial charge in [-0.2, -0.15) is 11.8 Å². The summed E-state index contributed by atoms with van der Waals surface area (Å²) in [5.41, 5.74) is 2.12. The van der Waals surface area contributed by atoms with Gasteiger partial charge in [0.25, 0.3) is 0 Å². The Morgan fingerprint density at radius 2 is 2.25 bits per heavy atom. The van der Waals surface area contributed by atoms with Crippen LogP contribution in [0.4, 0.5) is 0 Å². The van der Waals surface area contributed by atoms with E-state index in [-0.39, 0.29) is 0 Å². The van der Waals surface area contributed by atoms with E-state index in [1.807, 2.05) is 23.9 Å². The third-order valence-electron chi connectivity index (χ3n) is 4.14. The molecule has 3 rings (SSSR count). The monoisotopic (exact) mass is 328 g/mol. The molecule has 1 heterocycles. The summed E-state index contributed by atoms with van der Waals surface area (Å²) in [4.78, 5) is 4.66. The standard InChI is InChI=1S/C15H18Cl2N2S/c1-20-12-4-2-3-11(8-12)19-14-6-5-10(17)7-13(14)18-15(19)9-16/h5-7,11-12H,2-4,8-9H2,1H3. The van der Waals surface area contributed by atoms with Gasteiger partial charge in [-0.1, -0.05) is 18.0 Å². The molecule has 0 radical (unpaired) electrons. The molecule has 1 aromatic heterocycles. The second kappa shape index (κ2) is 6.17. The number of imidazole rings is 1. The molecule has 0 aliphatic heterocycles. The van der Waals surface area contributed by atoms with Crippen molar-refractivity contribution in [3.05, 3.63) is 29.0 Å². The van der Waals surface area contributed by atoms with Crippen molar-refractivity contribution in [1.29, 1.82) is 0 Å². The molecular weight excluding hydrogens is 311 g/mol. The van der Waals surface area contributed by atoms with Gasteiger partial charge in [0.2, 0.25) is 0 Å². The average molecular weight is 329 g/mol. The molecule has 1 aliphatic rings. The van der Waals surface area contributed by atoms with Gasteiger partial charge in [0.15, 0.2) is 0 Å². The predicted molar refractivity (Wildman–Crippen MR) is 89.1 cm³/mol. The second-order valence-corrected chi connectivity index (χ2v) is 7.18. The molecule has 108 valence electrons. The first kappa shape index (κ1) is 14.6. The molecule has 5 heteroatoms. The Hall–Kier alpha value is -0.380. The van der Waals surface area contributed by atoms with Crippen LogP contribution in [0.3, 0.4) is 0 Å². The van der Waals surface area contributed by atoms with Crippen LogP contribution >= 0.6 is 35.0 Å². The van der Waals surface area contributed by atoms with E-state index in [0.29, 0.717) is 11.9 Å². The van der Waals surface area contributed by atoms with Gasteiger partial charge in [-0.3, -0.25) is 0 Å². The van der Waals surface area contributed by atoms with Gasteiger partial charge in [0, 0.05) is 16.3 Å². The lowest BCUT2D eigenvalue weighted by atomic mass is 9.94. The van der Waals surface area contributed by atoms with Crippen LogP contribution in [0.2, 0.25) is 5.02 Å². The predicted octanol–water partition coefficient (Wildman–Crippen LogP) is 5.28. The maximum atomic E-state index is 6.11. The Morgan fingerprint density at radius 1 is 1.40 bits per heavy atom. The number of benzene rings is 1. The fraction of sp³-hybridized carbons (Fsp3) is 0.533. The zero-order valence-corrected chi connectivity index (χ0v) is 13.8. The summed E-state index contributed by atoms with van der Waals surface area (Å²) < 4.78 is 2.35. The van der Waals surface area contributed by atoms with E-state index in [0.717, 1.165) is 27.1 Å². The van der Waals surface area contributed by atoms with Crippen LogP contribution in [0.25, 0.3) is 11.0 Å². The number of hydrogen-bond acceptors (Lipinski definition) is 2. The zero-order chi connectivity index (χ0) is 14.1. The van der Waals surface area contributed by atoms with E-state index in [9.17, 15) is 0 Å². The number of hydrogen-bond donors (Lipinski definition) is 0. The van der Waals surface area contributed by atoms with Crippen LogP contribution in [-0.2, 0) is 5.88 Å². The molecule has 2 unspecified atom stereocenters. The maximum absolute atomic E-state index is 6.11. The summed E-state index contributed by atoms with van der Waals surface area (Å²) in [5, 5.41) is 1.48. The van der Waals surface area contributed by atoms with Crippen LogP contribution in [0.15, 0.2) is 18.2 Å². The summed E-state index contributed by atoms with van der Waals surface area (Å²) in [6.45, 7) is 0. The average Bonchev–Trinajstić information content (AvgIpc) is 2.84. The third-order valence-corrected chi connectivity index (χ3v) is 5.71. The number of fused-ring (bicyclic) bond motifs is 1. The Morgan fingerprint density at radius 3 is 3.00 bits per heavy atom. The molecule has 1 saturated carbocycles. The number of aromatic nitrogens is 2. The van der Waals surface area contributed by atoms with E-state index < -0.39 is 0 Å². The number of halogens is 2. The molecule has 0 spiro atoms. The minimum atomic E-state index is 0.451. The lowest BCUT2D eigenvalue weighted by Gasteiger charge is -2.30. The van der Waals surface area contributed by atoms with Crippen molar-refractivity contribution in [1.82, 2.24) is 9.55 Å². The Labute approximate surface area is 133 Å². The van der Waals surface area contributed by atoms with Gasteiger partial charge in [0.05, 0.1) is 16.9 Å². The molecule has 0 N–H and O–H groups in total. The van der Waals surface area contributed by atoms with Crippen LogP contribution in [0.5, 0.6) is 0 Å².